The molecule has 0 spiro atoms. The number of carbonyl (C=O) groups is 2. The molecular formula is C17H13BrN2O3. The van der Waals surface area contributed by atoms with Gasteiger partial charge in [0.05, 0.1) is 17.2 Å². The lowest BCUT2D eigenvalue weighted by atomic mass is 10.1. The highest BCUT2D eigenvalue weighted by atomic mass is 79.9. The molecule has 1 amide bonds. The highest BCUT2D eigenvalue weighted by Crippen LogP contribution is 2.23. The van der Waals surface area contributed by atoms with Crippen LogP contribution in [0.3, 0.4) is 0 Å². The summed E-state index contributed by atoms with van der Waals surface area (Å²) in [7, 11) is 0. The zero-order chi connectivity index (χ0) is 16.8. The summed E-state index contributed by atoms with van der Waals surface area (Å²) in [5, 5.41) is 11.4. The Labute approximate surface area is 142 Å². The topological polar surface area (TPSA) is 79.2 Å². The first-order valence-corrected chi connectivity index (χ1v) is 7.52. The van der Waals surface area contributed by atoms with E-state index in [1.807, 2.05) is 6.07 Å². The molecule has 0 saturated heterocycles. The van der Waals surface area contributed by atoms with Gasteiger partial charge in [-0.25, -0.2) is 0 Å². The van der Waals surface area contributed by atoms with Crippen LogP contribution in [0.5, 0.6) is 5.75 Å². The molecule has 0 heterocycles. The van der Waals surface area contributed by atoms with Crippen LogP contribution in [0.2, 0.25) is 0 Å². The smallest absolute Gasteiger partial charge is 0.262 e. The molecule has 5 nitrogen and oxygen atoms in total. The summed E-state index contributed by atoms with van der Waals surface area (Å²) in [4.78, 5) is 23.5. The Balaban J connectivity index is 1.99. The minimum Gasteiger partial charge on any atom is -0.483 e. The molecule has 0 aliphatic rings. The number of Topliss-reactive ketones (excluding diaryl/α,β-unsaturated/α-hetero) is 1. The SMILES string of the molecule is CC(=O)c1cc(Br)ccc1OCC(=O)Nc1ccc(C#N)cc1. The van der Waals surface area contributed by atoms with Gasteiger partial charge in [-0.05, 0) is 49.4 Å². The number of ether oxygens (including phenoxy) is 1. The van der Waals surface area contributed by atoms with E-state index in [4.69, 9.17) is 10.00 Å². The number of ketones is 1. The predicted octanol–water partition coefficient (Wildman–Crippen LogP) is 3.54. The second kappa shape index (κ2) is 7.56. The number of anilines is 1. The van der Waals surface area contributed by atoms with Crippen molar-refractivity contribution in [2.45, 2.75) is 6.92 Å². The van der Waals surface area contributed by atoms with E-state index in [1.165, 1.54) is 6.92 Å². The molecule has 0 aliphatic carbocycles. The molecule has 0 fully saturated rings. The molecule has 0 aromatic heterocycles. The molecule has 2 aromatic rings. The average Bonchev–Trinajstić information content (AvgIpc) is 2.54. The number of halogens is 1. The van der Waals surface area contributed by atoms with Crippen LogP contribution in [0.15, 0.2) is 46.9 Å². The van der Waals surface area contributed by atoms with Gasteiger partial charge in [-0.2, -0.15) is 5.26 Å². The molecule has 6 heteroatoms. The summed E-state index contributed by atoms with van der Waals surface area (Å²) < 4.78 is 6.19. The van der Waals surface area contributed by atoms with Crippen LogP contribution in [0.4, 0.5) is 5.69 Å². The molecule has 0 atom stereocenters. The van der Waals surface area contributed by atoms with Gasteiger partial charge >= 0.3 is 0 Å². The summed E-state index contributed by atoms with van der Waals surface area (Å²) in [6.45, 7) is 1.22. The Morgan fingerprint density at radius 3 is 2.52 bits per heavy atom. The van der Waals surface area contributed by atoms with Gasteiger partial charge in [0.2, 0.25) is 0 Å². The van der Waals surface area contributed by atoms with Crippen LogP contribution in [0.25, 0.3) is 0 Å². The van der Waals surface area contributed by atoms with Crippen molar-refractivity contribution in [1.82, 2.24) is 0 Å². The van der Waals surface area contributed by atoms with Gasteiger partial charge in [0, 0.05) is 10.2 Å². The maximum Gasteiger partial charge on any atom is 0.262 e. The minimum absolute atomic E-state index is 0.145. The third-order valence-corrected chi connectivity index (χ3v) is 3.47. The van der Waals surface area contributed by atoms with Crippen LogP contribution in [0.1, 0.15) is 22.8 Å². The highest BCUT2D eigenvalue weighted by molar-refractivity contribution is 9.10. The number of nitrogens with zero attached hydrogens (tertiary/aromatic N) is 1. The number of amides is 1. The maximum absolute atomic E-state index is 11.9. The normalized spacial score (nSPS) is 9.78. The lowest BCUT2D eigenvalue weighted by Crippen LogP contribution is -2.20. The maximum atomic E-state index is 11.9. The zero-order valence-corrected chi connectivity index (χ0v) is 13.9. The Kier molecular flexibility index (Phi) is 5.50. The Bertz CT molecular complexity index is 779. The largest absolute Gasteiger partial charge is 0.483 e. The van der Waals surface area contributed by atoms with Crippen LogP contribution in [-0.4, -0.2) is 18.3 Å². The van der Waals surface area contributed by atoms with Gasteiger partial charge in [-0.3, -0.25) is 9.59 Å². The van der Waals surface area contributed by atoms with Crippen molar-refractivity contribution in [3.8, 4) is 11.8 Å². The number of carbonyl (C=O) groups excluding carboxylic acids is 2. The summed E-state index contributed by atoms with van der Waals surface area (Å²) in [5.74, 6) is -0.142. The van der Waals surface area contributed by atoms with Crippen molar-refractivity contribution in [2.24, 2.45) is 0 Å². The first-order valence-electron chi connectivity index (χ1n) is 6.73. The summed E-state index contributed by atoms with van der Waals surface area (Å²) in [6.07, 6.45) is 0. The molecule has 0 saturated carbocycles. The minimum atomic E-state index is -0.355. The number of benzene rings is 2. The summed E-state index contributed by atoms with van der Waals surface area (Å²) in [5.41, 5.74) is 1.49. The molecule has 0 aliphatic heterocycles. The van der Waals surface area contributed by atoms with E-state index >= 15 is 0 Å². The number of nitriles is 1. The van der Waals surface area contributed by atoms with Crippen LogP contribution in [0, 0.1) is 11.3 Å². The van der Waals surface area contributed by atoms with Gasteiger partial charge in [-0.15, -0.1) is 0 Å². The number of rotatable bonds is 5. The van der Waals surface area contributed by atoms with Gasteiger partial charge in [0.1, 0.15) is 5.75 Å². The van der Waals surface area contributed by atoms with Crippen molar-refractivity contribution in [2.75, 3.05) is 11.9 Å². The van der Waals surface area contributed by atoms with Crippen molar-refractivity contribution in [3.05, 3.63) is 58.1 Å². The van der Waals surface area contributed by atoms with Gasteiger partial charge < -0.3 is 10.1 Å². The Hall–Kier alpha value is -2.65. The second-order valence-corrected chi connectivity index (χ2v) is 5.64. The molecule has 23 heavy (non-hydrogen) atoms. The molecule has 116 valence electrons. The van der Waals surface area contributed by atoms with Crippen LogP contribution >= 0.6 is 15.9 Å². The Morgan fingerprint density at radius 2 is 1.91 bits per heavy atom. The Morgan fingerprint density at radius 1 is 1.22 bits per heavy atom. The number of hydrogen-bond donors (Lipinski definition) is 1. The van der Waals surface area contributed by atoms with E-state index in [0.717, 1.165) is 4.47 Å². The third-order valence-electron chi connectivity index (χ3n) is 2.98. The number of hydrogen-bond acceptors (Lipinski definition) is 4. The van der Waals surface area contributed by atoms with E-state index in [0.29, 0.717) is 22.6 Å². The lowest BCUT2D eigenvalue weighted by Gasteiger charge is -2.10. The van der Waals surface area contributed by atoms with E-state index in [2.05, 4.69) is 21.2 Å². The molecule has 1 N–H and O–H groups in total. The quantitative estimate of drug-likeness (QED) is 0.814. The standard InChI is InChI=1S/C17H13BrN2O3/c1-11(21)15-8-13(18)4-7-16(15)23-10-17(22)20-14-5-2-12(9-19)3-6-14/h2-8H,10H2,1H3,(H,20,22). The monoisotopic (exact) mass is 372 g/mol. The first kappa shape index (κ1) is 16.7. The van der Waals surface area contributed by atoms with E-state index in [1.54, 1.807) is 42.5 Å². The van der Waals surface area contributed by atoms with Crippen molar-refractivity contribution >= 4 is 33.3 Å². The van der Waals surface area contributed by atoms with Crippen molar-refractivity contribution in [3.63, 3.8) is 0 Å². The van der Waals surface area contributed by atoms with E-state index in [9.17, 15) is 9.59 Å². The van der Waals surface area contributed by atoms with Crippen LogP contribution < -0.4 is 10.1 Å². The zero-order valence-electron chi connectivity index (χ0n) is 12.3. The number of nitrogens with one attached hydrogen (secondary N) is 1. The van der Waals surface area contributed by atoms with E-state index in [-0.39, 0.29) is 18.3 Å². The second-order valence-electron chi connectivity index (χ2n) is 4.72. The third kappa shape index (κ3) is 4.66. The molecule has 2 rings (SSSR count). The molecule has 0 radical (unpaired) electrons. The predicted molar refractivity (Wildman–Crippen MR) is 89.4 cm³/mol. The van der Waals surface area contributed by atoms with Crippen molar-refractivity contribution < 1.29 is 14.3 Å². The van der Waals surface area contributed by atoms with Gasteiger partial charge in [-0.1, -0.05) is 15.9 Å². The lowest BCUT2D eigenvalue weighted by molar-refractivity contribution is -0.118. The molecule has 0 bridgehead atoms. The summed E-state index contributed by atoms with van der Waals surface area (Å²) >= 11 is 3.29. The highest BCUT2D eigenvalue weighted by Gasteiger charge is 2.11. The fourth-order valence-electron chi connectivity index (χ4n) is 1.87. The van der Waals surface area contributed by atoms with E-state index < -0.39 is 0 Å². The van der Waals surface area contributed by atoms with Gasteiger partial charge in [0.15, 0.2) is 12.4 Å². The summed E-state index contributed by atoms with van der Waals surface area (Å²) in [6, 6.07) is 13.5. The fourth-order valence-corrected chi connectivity index (χ4v) is 2.23. The average molecular weight is 373 g/mol. The fraction of sp³-hybridized carbons (Fsp3) is 0.118. The van der Waals surface area contributed by atoms with Crippen LogP contribution in [-0.2, 0) is 4.79 Å². The molecule has 0 unspecified atom stereocenters. The first-order chi connectivity index (χ1) is 11.0. The molecular weight excluding hydrogens is 360 g/mol. The molecule has 2 aromatic carbocycles. The van der Waals surface area contributed by atoms with Gasteiger partial charge in [0.25, 0.3) is 5.91 Å². The van der Waals surface area contributed by atoms with Crippen molar-refractivity contribution in [1.29, 1.82) is 5.26 Å².